The molecule has 1 atom stereocenters. The van der Waals surface area contributed by atoms with E-state index < -0.39 is 0 Å². The van der Waals surface area contributed by atoms with Crippen LogP contribution in [0.1, 0.15) is 19.2 Å². The second kappa shape index (κ2) is 5.84. The van der Waals surface area contributed by atoms with Crippen molar-refractivity contribution in [3.63, 3.8) is 0 Å². The highest BCUT2D eigenvalue weighted by Crippen LogP contribution is 2.29. The lowest BCUT2D eigenvalue weighted by Gasteiger charge is -2.06. The van der Waals surface area contributed by atoms with Crippen LogP contribution in [0.2, 0.25) is 0 Å². The summed E-state index contributed by atoms with van der Waals surface area (Å²) in [6.07, 6.45) is 3.32. The minimum atomic E-state index is -0.303. The van der Waals surface area contributed by atoms with Crippen LogP contribution in [0.3, 0.4) is 0 Å². The summed E-state index contributed by atoms with van der Waals surface area (Å²) in [6.45, 7) is 1.96. The fourth-order valence-electron chi connectivity index (χ4n) is 1.88. The van der Waals surface area contributed by atoms with E-state index in [-0.39, 0.29) is 11.9 Å². The van der Waals surface area contributed by atoms with Crippen LogP contribution in [-0.2, 0) is 6.42 Å². The molecular formula is C14H18FN3O. The summed E-state index contributed by atoms with van der Waals surface area (Å²) in [5, 5.41) is 0. The fourth-order valence-corrected chi connectivity index (χ4v) is 1.88. The number of nitrogens with two attached hydrogens (primary N) is 1. The van der Waals surface area contributed by atoms with E-state index in [9.17, 15) is 4.39 Å². The topological polar surface area (TPSA) is 63.9 Å². The van der Waals surface area contributed by atoms with Gasteiger partial charge in [0.25, 0.3) is 0 Å². The fraction of sp³-hybridized carbons (Fsp3) is 0.357. The summed E-state index contributed by atoms with van der Waals surface area (Å²) in [7, 11) is 1.56. The molecule has 2 rings (SSSR count). The van der Waals surface area contributed by atoms with Crippen LogP contribution in [-0.4, -0.2) is 23.1 Å². The molecule has 0 radical (unpaired) electrons. The zero-order valence-corrected chi connectivity index (χ0v) is 11.1. The summed E-state index contributed by atoms with van der Waals surface area (Å²) in [5.41, 5.74) is 7.13. The number of aromatic nitrogens is 2. The van der Waals surface area contributed by atoms with Gasteiger partial charge >= 0.3 is 0 Å². The molecule has 0 spiro atoms. The smallest absolute Gasteiger partial charge is 0.128 e. The van der Waals surface area contributed by atoms with Gasteiger partial charge in [-0.05, 0) is 31.5 Å². The second-order valence-corrected chi connectivity index (χ2v) is 4.60. The molecule has 2 aromatic rings. The zero-order chi connectivity index (χ0) is 13.8. The van der Waals surface area contributed by atoms with Crippen molar-refractivity contribution < 1.29 is 9.13 Å². The number of H-pyrrole nitrogens is 1. The van der Waals surface area contributed by atoms with Crippen molar-refractivity contribution in [1.82, 2.24) is 9.97 Å². The number of halogens is 1. The lowest BCUT2D eigenvalue weighted by molar-refractivity contribution is 0.415. The summed E-state index contributed by atoms with van der Waals surface area (Å²) >= 11 is 0. The zero-order valence-electron chi connectivity index (χ0n) is 11.1. The van der Waals surface area contributed by atoms with Gasteiger partial charge in [-0.3, -0.25) is 0 Å². The highest BCUT2D eigenvalue weighted by molar-refractivity contribution is 5.66. The highest BCUT2D eigenvalue weighted by Gasteiger charge is 2.10. The first kappa shape index (κ1) is 13.5. The quantitative estimate of drug-likeness (QED) is 0.871. The third kappa shape index (κ3) is 3.32. The van der Waals surface area contributed by atoms with Crippen LogP contribution in [0.15, 0.2) is 24.4 Å². The molecule has 1 unspecified atom stereocenters. The number of methoxy groups -OCH3 is 1. The van der Waals surface area contributed by atoms with Crippen LogP contribution in [0.4, 0.5) is 4.39 Å². The van der Waals surface area contributed by atoms with Gasteiger partial charge in [0.05, 0.1) is 19.0 Å². The van der Waals surface area contributed by atoms with Crippen molar-refractivity contribution in [3.8, 4) is 17.0 Å². The van der Waals surface area contributed by atoms with E-state index in [1.807, 2.05) is 6.92 Å². The highest BCUT2D eigenvalue weighted by atomic mass is 19.1. The Morgan fingerprint density at radius 3 is 2.95 bits per heavy atom. The van der Waals surface area contributed by atoms with Crippen molar-refractivity contribution in [2.24, 2.45) is 5.73 Å². The Morgan fingerprint density at radius 1 is 1.47 bits per heavy atom. The first-order chi connectivity index (χ1) is 9.10. The van der Waals surface area contributed by atoms with Gasteiger partial charge in [-0.2, -0.15) is 0 Å². The van der Waals surface area contributed by atoms with Gasteiger partial charge in [0.2, 0.25) is 0 Å². The first-order valence-corrected chi connectivity index (χ1v) is 6.23. The molecule has 1 aromatic heterocycles. The number of rotatable bonds is 5. The lowest BCUT2D eigenvalue weighted by Crippen LogP contribution is -2.15. The largest absolute Gasteiger partial charge is 0.496 e. The molecule has 0 bridgehead atoms. The standard InChI is InChI=1S/C14H18FN3O/c1-9(16)3-6-14-17-8-12(18-14)11-7-10(15)4-5-13(11)19-2/h4-5,7-9H,3,6,16H2,1-2H3,(H,17,18). The Bertz CT molecular complexity index is 551. The molecule has 3 N–H and O–H groups in total. The Kier molecular flexibility index (Phi) is 4.16. The van der Waals surface area contributed by atoms with Crippen LogP contribution < -0.4 is 10.5 Å². The summed E-state index contributed by atoms with van der Waals surface area (Å²) in [5.74, 6) is 1.16. The van der Waals surface area contributed by atoms with Gasteiger partial charge in [0.1, 0.15) is 17.4 Å². The summed E-state index contributed by atoms with van der Waals surface area (Å²) in [4.78, 5) is 7.45. The normalized spacial score (nSPS) is 12.4. The molecule has 0 aliphatic rings. The number of hydrogen-bond donors (Lipinski definition) is 2. The molecule has 0 aliphatic heterocycles. The molecule has 5 heteroatoms. The Labute approximate surface area is 111 Å². The molecule has 0 fully saturated rings. The van der Waals surface area contributed by atoms with Crippen LogP contribution in [0.5, 0.6) is 5.75 Å². The molecule has 0 amide bonds. The second-order valence-electron chi connectivity index (χ2n) is 4.60. The summed E-state index contributed by atoms with van der Waals surface area (Å²) < 4.78 is 18.6. The van der Waals surface area contributed by atoms with E-state index in [1.54, 1.807) is 19.4 Å². The van der Waals surface area contributed by atoms with E-state index in [0.717, 1.165) is 24.4 Å². The van der Waals surface area contributed by atoms with Crippen molar-refractivity contribution in [3.05, 3.63) is 36.0 Å². The van der Waals surface area contributed by atoms with Crippen LogP contribution >= 0.6 is 0 Å². The van der Waals surface area contributed by atoms with Crippen LogP contribution in [0.25, 0.3) is 11.3 Å². The van der Waals surface area contributed by atoms with E-state index in [2.05, 4.69) is 9.97 Å². The van der Waals surface area contributed by atoms with Gasteiger partial charge in [-0.1, -0.05) is 0 Å². The predicted octanol–water partition coefficient (Wildman–Crippen LogP) is 2.50. The number of nitrogens with one attached hydrogen (secondary N) is 1. The van der Waals surface area contributed by atoms with Crippen molar-refractivity contribution >= 4 is 0 Å². The average Bonchev–Trinajstić information content (AvgIpc) is 2.85. The van der Waals surface area contributed by atoms with E-state index in [1.165, 1.54) is 12.1 Å². The molecule has 102 valence electrons. The number of nitrogens with zero attached hydrogens (tertiary/aromatic N) is 1. The predicted molar refractivity (Wildman–Crippen MR) is 72.5 cm³/mol. The van der Waals surface area contributed by atoms with E-state index >= 15 is 0 Å². The van der Waals surface area contributed by atoms with Gasteiger partial charge in [-0.15, -0.1) is 0 Å². The average molecular weight is 263 g/mol. The van der Waals surface area contributed by atoms with Crippen LogP contribution in [0, 0.1) is 5.82 Å². The molecule has 0 saturated heterocycles. The molecule has 0 saturated carbocycles. The number of ether oxygens (including phenoxy) is 1. The van der Waals surface area contributed by atoms with Crippen molar-refractivity contribution in [2.75, 3.05) is 7.11 Å². The Morgan fingerprint density at radius 2 is 2.26 bits per heavy atom. The van der Waals surface area contributed by atoms with Gasteiger partial charge < -0.3 is 15.5 Å². The maximum absolute atomic E-state index is 13.3. The number of aryl methyl sites for hydroxylation is 1. The van der Waals surface area contributed by atoms with Crippen molar-refractivity contribution in [2.45, 2.75) is 25.8 Å². The van der Waals surface area contributed by atoms with E-state index in [4.69, 9.17) is 10.5 Å². The molecule has 1 heterocycles. The Balaban J connectivity index is 2.24. The molecule has 0 aliphatic carbocycles. The Hall–Kier alpha value is -1.88. The summed E-state index contributed by atoms with van der Waals surface area (Å²) in [6, 6.07) is 4.54. The van der Waals surface area contributed by atoms with Gasteiger partial charge in [0, 0.05) is 18.0 Å². The maximum atomic E-state index is 13.3. The number of hydrogen-bond acceptors (Lipinski definition) is 3. The molecule has 1 aromatic carbocycles. The monoisotopic (exact) mass is 263 g/mol. The molecule has 19 heavy (non-hydrogen) atoms. The van der Waals surface area contributed by atoms with Crippen molar-refractivity contribution in [1.29, 1.82) is 0 Å². The third-order valence-corrected chi connectivity index (χ3v) is 2.92. The third-order valence-electron chi connectivity index (χ3n) is 2.92. The SMILES string of the molecule is COc1ccc(F)cc1-c1cnc(CCC(C)N)[nH]1. The van der Waals surface area contributed by atoms with E-state index in [0.29, 0.717) is 11.3 Å². The van der Waals surface area contributed by atoms with Gasteiger partial charge in [0.15, 0.2) is 0 Å². The maximum Gasteiger partial charge on any atom is 0.128 e. The number of imidazole rings is 1. The minimum Gasteiger partial charge on any atom is -0.496 e. The lowest BCUT2D eigenvalue weighted by atomic mass is 10.1. The number of benzene rings is 1. The molecular weight excluding hydrogens is 245 g/mol. The molecule has 4 nitrogen and oxygen atoms in total. The van der Waals surface area contributed by atoms with Gasteiger partial charge in [-0.25, -0.2) is 9.37 Å². The number of aromatic amines is 1. The minimum absolute atomic E-state index is 0.136. The first-order valence-electron chi connectivity index (χ1n) is 6.23.